The predicted molar refractivity (Wildman–Crippen MR) is 88.8 cm³/mol. The second kappa shape index (κ2) is 5.10. The molecular formula is C19H21NO. The zero-order valence-electron chi connectivity index (χ0n) is 12.4. The van der Waals surface area contributed by atoms with Crippen molar-refractivity contribution < 1.29 is 4.42 Å². The molecule has 2 heteroatoms. The molecule has 2 unspecified atom stereocenters. The predicted octanol–water partition coefficient (Wildman–Crippen LogP) is 5.58. The molecule has 0 radical (unpaired) electrons. The summed E-state index contributed by atoms with van der Waals surface area (Å²) in [4.78, 5) is 0. The lowest BCUT2D eigenvalue weighted by atomic mass is 9.87. The first-order valence-corrected chi connectivity index (χ1v) is 7.97. The average Bonchev–Trinajstić information content (AvgIpc) is 2.85. The van der Waals surface area contributed by atoms with Gasteiger partial charge >= 0.3 is 0 Å². The highest BCUT2D eigenvalue weighted by molar-refractivity contribution is 6.05. The molecule has 1 N–H and O–H groups in total. The van der Waals surface area contributed by atoms with Crippen LogP contribution in [-0.2, 0) is 0 Å². The molecular weight excluding hydrogens is 258 g/mol. The Morgan fingerprint density at radius 3 is 2.76 bits per heavy atom. The van der Waals surface area contributed by atoms with Crippen LogP contribution in [0.1, 0.15) is 32.6 Å². The Bertz CT molecular complexity index is 773. The van der Waals surface area contributed by atoms with Gasteiger partial charge in [0.25, 0.3) is 0 Å². The molecule has 108 valence electrons. The van der Waals surface area contributed by atoms with Crippen LogP contribution in [0.2, 0.25) is 0 Å². The minimum absolute atomic E-state index is 0.615. The lowest BCUT2D eigenvalue weighted by Gasteiger charge is -2.28. The van der Waals surface area contributed by atoms with Crippen LogP contribution in [0.3, 0.4) is 0 Å². The van der Waals surface area contributed by atoms with Crippen LogP contribution < -0.4 is 5.32 Å². The summed E-state index contributed by atoms with van der Waals surface area (Å²) >= 11 is 0. The van der Waals surface area contributed by atoms with Gasteiger partial charge in [-0.3, -0.25) is 0 Å². The van der Waals surface area contributed by atoms with Crippen molar-refractivity contribution in [1.29, 1.82) is 0 Å². The molecule has 1 aliphatic carbocycles. The second-order valence-corrected chi connectivity index (χ2v) is 6.42. The lowest BCUT2D eigenvalue weighted by molar-refractivity contribution is 0.358. The fraction of sp³-hybridized carbons (Fsp3) is 0.368. The van der Waals surface area contributed by atoms with Gasteiger partial charge in [-0.05, 0) is 43.0 Å². The van der Waals surface area contributed by atoms with Gasteiger partial charge in [-0.1, -0.05) is 38.0 Å². The van der Waals surface area contributed by atoms with E-state index >= 15 is 0 Å². The van der Waals surface area contributed by atoms with Crippen molar-refractivity contribution in [3.63, 3.8) is 0 Å². The van der Waals surface area contributed by atoms with Gasteiger partial charge in [0.05, 0.1) is 0 Å². The molecule has 21 heavy (non-hydrogen) atoms. The normalized spacial score (nSPS) is 22.7. The minimum atomic E-state index is 0.615. The summed E-state index contributed by atoms with van der Waals surface area (Å²) in [6.45, 7) is 2.36. The van der Waals surface area contributed by atoms with Gasteiger partial charge in [0.15, 0.2) is 0 Å². The maximum Gasteiger partial charge on any atom is 0.135 e. The fourth-order valence-corrected chi connectivity index (χ4v) is 3.62. The molecule has 0 bridgehead atoms. The van der Waals surface area contributed by atoms with Gasteiger partial charge in [0.1, 0.15) is 11.2 Å². The summed E-state index contributed by atoms with van der Waals surface area (Å²) in [5.74, 6) is 0.842. The van der Waals surface area contributed by atoms with Crippen molar-refractivity contribution in [1.82, 2.24) is 0 Å². The summed E-state index contributed by atoms with van der Waals surface area (Å²) in [7, 11) is 0. The topological polar surface area (TPSA) is 25.2 Å². The molecule has 1 aromatic heterocycles. The highest BCUT2D eigenvalue weighted by Crippen LogP contribution is 2.32. The smallest absolute Gasteiger partial charge is 0.135 e. The molecule has 2 aromatic carbocycles. The third-order valence-electron chi connectivity index (χ3n) is 4.68. The van der Waals surface area contributed by atoms with E-state index in [9.17, 15) is 0 Å². The first-order valence-electron chi connectivity index (χ1n) is 7.97. The second-order valence-electron chi connectivity index (χ2n) is 6.42. The van der Waals surface area contributed by atoms with E-state index < -0.39 is 0 Å². The molecule has 1 aliphatic rings. The number of anilines is 1. The molecule has 1 heterocycles. The Morgan fingerprint density at radius 2 is 1.86 bits per heavy atom. The SMILES string of the molecule is CC1CCCC(Nc2ccc3oc4ccccc4c3c2)C1. The highest BCUT2D eigenvalue weighted by Gasteiger charge is 2.18. The van der Waals surface area contributed by atoms with Crippen molar-refractivity contribution in [3.05, 3.63) is 42.5 Å². The van der Waals surface area contributed by atoms with E-state index in [0.29, 0.717) is 6.04 Å². The molecule has 0 spiro atoms. The zero-order valence-corrected chi connectivity index (χ0v) is 12.4. The standard InChI is InChI=1S/C19H21NO/c1-13-5-4-6-14(11-13)20-15-9-10-19-17(12-15)16-7-2-3-8-18(16)21-19/h2-3,7-10,12-14,20H,4-6,11H2,1H3. The Morgan fingerprint density at radius 1 is 1.00 bits per heavy atom. The maximum absolute atomic E-state index is 5.89. The Hall–Kier alpha value is -1.96. The summed E-state index contributed by atoms with van der Waals surface area (Å²) in [6.07, 6.45) is 5.29. The monoisotopic (exact) mass is 279 g/mol. The number of hydrogen-bond donors (Lipinski definition) is 1. The minimum Gasteiger partial charge on any atom is -0.456 e. The van der Waals surface area contributed by atoms with E-state index in [-0.39, 0.29) is 0 Å². The van der Waals surface area contributed by atoms with Crippen LogP contribution in [0.5, 0.6) is 0 Å². The third kappa shape index (κ3) is 2.39. The number of nitrogens with one attached hydrogen (secondary N) is 1. The molecule has 2 atom stereocenters. The maximum atomic E-state index is 5.89. The summed E-state index contributed by atoms with van der Waals surface area (Å²) < 4.78 is 5.89. The van der Waals surface area contributed by atoms with Crippen molar-refractivity contribution >= 4 is 27.6 Å². The van der Waals surface area contributed by atoms with E-state index in [1.165, 1.54) is 42.1 Å². The highest BCUT2D eigenvalue weighted by atomic mass is 16.3. The number of benzene rings is 2. The molecule has 0 aliphatic heterocycles. The number of fused-ring (bicyclic) bond motifs is 3. The summed E-state index contributed by atoms with van der Waals surface area (Å²) in [6, 6.07) is 15.3. The van der Waals surface area contributed by atoms with Crippen LogP contribution in [0.25, 0.3) is 21.9 Å². The largest absolute Gasteiger partial charge is 0.456 e. The van der Waals surface area contributed by atoms with E-state index in [1.54, 1.807) is 0 Å². The molecule has 2 nitrogen and oxygen atoms in total. The number of para-hydroxylation sites is 1. The zero-order chi connectivity index (χ0) is 14.2. The Labute approximate surface area is 125 Å². The first-order chi connectivity index (χ1) is 10.3. The number of rotatable bonds is 2. The number of furan rings is 1. The fourth-order valence-electron chi connectivity index (χ4n) is 3.62. The van der Waals surface area contributed by atoms with Gasteiger partial charge in [-0.2, -0.15) is 0 Å². The van der Waals surface area contributed by atoms with Crippen LogP contribution >= 0.6 is 0 Å². The van der Waals surface area contributed by atoms with Crippen LogP contribution in [-0.4, -0.2) is 6.04 Å². The van der Waals surface area contributed by atoms with Crippen LogP contribution in [0.15, 0.2) is 46.9 Å². The van der Waals surface area contributed by atoms with Crippen LogP contribution in [0, 0.1) is 5.92 Å². The molecule has 3 aromatic rings. The van der Waals surface area contributed by atoms with Crippen molar-refractivity contribution in [2.45, 2.75) is 38.6 Å². The van der Waals surface area contributed by atoms with Gasteiger partial charge in [-0.25, -0.2) is 0 Å². The third-order valence-corrected chi connectivity index (χ3v) is 4.68. The van der Waals surface area contributed by atoms with E-state index in [4.69, 9.17) is 4.42 Å². The van der Waals surface area contributed by atoms with E-state index in [0.717, 1.165) is 17.1 Å². The van der Waals surface area contributed by atoms with E-state index in [2.05, 4.69) is 42.6 Å². The number of hydrogen-bond acceptors (Lipinski definition) is 2. The molecule has 0 saturated heterocycles. The van der Waals surface area contributed by atoms with Gasteiger partial charge in [-0.15, -0.1) is 0 Å². The summed E-state index contributed by atoms with van der Waals surface area (Å²) in [5, 5.41) is 6.13. The van der Waals surface area contributed by atoms with Crippen molar-refractivity contribution in [3.8, 4) is 0 Å². The Kier molecular flexibility index (Phi) is 3.10. The quantitative estimate of drug-likeness (QED) is 0.662. The van der Waals surface area contributed by atoms with Crippen LogP contribution in [0.4, 0.5) is 5.69 Å². The van der Waals surface area contributed by atoms with Crippen molar-refractivity contribution in [2.24, 2.45) is 5.92 Å². The van der Waals surface area contributed by atoms with Crippen molar-refractivity contribution in [2.75, 3.05) is 5.32 Å². The molecule has 4 rings (SSSR count). The molecule has 1 fully saturated rings. The Balaban J connectivity index is 1.68. The summed E-state index contributed by atoms with van der Waals surface area (Å²) in [5.41, 5.74) is 3.16. The lowest BCUT2D eigenvalue weighted by Crippen LogP contribution is -2.26. The van der Waals surface area contributed by atoms with Gasteiger partial charge in [0, 0.05) is 22.5 Å². The first kappa shape index (κ1) is 12.8. The molecule has 0 amide bonds. The van der Waals surface area contributed by atoms with Gasteiger partial charge in [0.2, 0.25) is 0 Å². The molecule has 1 saturated carbocycles. The van der Waals surface area contributed by atoms with E-state index in [1.807, 2.05) is 12.1 Å². The van der Waals surface area contributed by atoms with Gasteiger partial charge < -0.3 is 9.73 Å². The average molecular weight is 279 g/mol.